The van der Waals surface area contributed by atoms with E-state index < -0.39 is 0 Å². The first-order valence-electron chi connectivity index (χ1n) is 6.20. The van der Waals surface area contributed by atoms with E-state index in [1.165, 1.54) is 0 Å². The standard InChI is InChI=1S/C15H20N2O/c1-15(2,3)18-10-12-9-11-7-5-6-8-13(11)17-14(12)16-4/h5-9H,10H2,1-4H3,(H,16,17). The lowest BCUT2D eigenvalue weighted by molar-refractivity contribution is -0.0147. The van der Waals surface area contributed by atoms with Crippen LogP contribution in [0.2, 0.25) is 0 Å². The molecule has 0 amide bonds. The van der Waals surface area contributed by atoms with E-state index in [4.69, 9.17) is 4.74 Å². The van der Waals surface area contributed by atoms with Crippen LogP contribution in [0.5, 0.6) is 0 Å². The minimum atomic E-state index is -0.142. The van der Waals surface area contributed by atoms with Crippen molar-refractivity contribution < 1.29 is 4.74 Å². The highest BCUT2D eigenvalue weighted by atomic mass is 16.5. The predicted molar refractivity (Wildman–Crippen MR) is 75.8 cm³/mol. The second kappa shape index (κ2) is 4.94. The fraction of sp³-hybridized carbons (Fsp3) is 0.400. The van der Waals surface area contributed by atoms with Crippen LogP contribution in [0.25, 0.3) is 10.9 Å². The van der Waals surface area contributed by atoms with E-state index in [1.807, 2.05) is 25.2 Å². The molecule has 18 heavy (non-hydrogen) atoms. The van der Waals surface area contributed by atoms with Gasteiger partial charge in [0.25, 0.3) is 0 Å². The summed E-state index contributed by atoms with van der Waals surface area (Å²) in [6.07, 6.45) is 0. The number of nitrogens with zero attached hydrogens (tertiary/aromatic N) is 1. The molecule has 0 aliphatic carbocycles. The van der Waals surface area contributed by atoms with E-state index in [9.17, 15) is 0 Å². The Bertz CT molecular complexity index is 544. The lowest BCUT2D eigenvalue weighted by Crippen LogP contribution is -2.19. The van der Waals surface area contributed by atoms with E-state index in [0.29, 0.717) is 6.61 Å². The van der Waals surface area contributed by atoms with Gasteiger partial charge in [-0.3, -0.25) is 0 Å². The van der Waals surface area contributed by atoms with Gasteiger partial charge in [-0.2, -0.15) is 0 Å². The Morgan fingerprint density at radius 3 is 2.61 bits per heavy atom. The maximum Gasteiger partial charge on any atom is 0.131 e. The first kappa shape index (κ1) is 12.8. The minimum Gasteiger partial charge on any atom is -0.373 e. The van der Waals surface area contributed by atoms with Crippen LogP contribution in [0.3, 0.4) is 0 Å². The van der Waals surface area contributed by atoms with Gasteiger partial charge in [-0.1, -0.05) is 18.2 Å². The van der Waals surface area contributed by atoms with Crippen molar-refractivity contribution in [3.63, 3.8) is 0 Å². The summed E-state index contributed by atoms with van der Waals surface area (Å²) in [6.45, 7) is 6.74. The van der Waals surface area contributed by atoms with Crippen LogP contribution in [0.1, 0.15) is 26.3 Å². The number of hydrogen-bond donors (Lipinski definition) is 1. The van der Waals surface area contributed by atoms with Crippen molar-refractivity contribution in [1.82, 2.24) is 4.98 Å². The molecule has 2 aromatic rings. The van der Waals surface area contributed by atoms with Crippen LogP contribution in [0, 0.1) is 0 Å². The molecule has 1 N–H and O–H groups in total. The third-order valence-electron chi connectivity index (χ3n) is 2.70. The van der Waals surface area contributed by atoms with Crippen molar-refractivity contribution in [2.75, 3.05) is 12.4 Å². The zero-order chi connectivity index (χ0) is 13.2. The number of para-hydroxylation sites is 1. The van der Waals surface area contributed by atoms with Crippen molar-refractivity contribution in [3.8, 4) is 0 Å². The molecular weight excluding hydrogens is 224 g/mol. The molecule has 0 unspecified atom stereocenters. The topological polar surface area (TPSA) is 34.2 Å². The van der Waals surface area contributed by atoms with E-state index >= 15 is 0 Å². The van der Waals surface area contributed by atoms with Crippen LogP contribution in [0.4, 0.5) is 5.82 Å². The van der Waals surface area contributed by atoms with Gasteiger partial charge < -0.3 is 10.1 Å². The van der Waals surface area contributed by atoms with Crippen molar-refractivity contribution in [2.24, 2.45) is 0 Å². The van der Waals surface area contributed by atoms with Gasteiger partial charge in [-0.25, -0.2) is 4.98 Å². The summed E-state index contributed by atoms with van der Waals surface area (Å²) >= 11 is 0. The molecule has 2 rings (SSSR count). The van der Waals surface area contributed by atoms with Gasteiger partial charge in [0.1, 0.15) is 5.82 Å². The van der Waals surface area contributed by atoms with Gasteiger partial charge in [-0.15, -0.1) is 0 Å². The number of pyridine rings is 1. The Labute approximate surface area is 108 Å². The number of aromatic nitrogens is 1. The lowest BCUT2D eigenvalue weighted by Gasteiger charge is -2.20. The number of rotatable bonds is 3. The Balaban J connectivity index is 2.36. The molecule has 0 saturated heterocycles. The minimum absolute atomic E-state index is 0.142. The molecule has 1 aromatic heterocycles. The van der Waals surface area contributed by atoms with Crippen molar-refractivity contribution >= 4 is 16.7 Å². The molecule has 0 aliphatic heterocycles. The SMILES string of the molecule is CNc1nc2ccccc2cc1COC(C)(C)C. The third-order valence-corrected chi connectivity index (χ3v) is 2.70. The van der Waals surface area contributed by atoms with Crippen LogP contribution in [-0.4, -0.2) is 17.6 Å². The van der Waals surface area contributed by atoms with Gasteiger partial charge in [0.05, 0.1) is 17.7 Å². The first-order chi connectivity index (χ1) is 8.49. The lowest BCUT2D eigenvalue weighted by atomic mass is 10.1. The van der Waals surface area contributed by atoms with Crippen LogP contribution >= 0.6 is 0 Å². The fourth-order valence-corrected chi connectivity index (χ4v) is 1.78. The number of hydrogen-bond acceptors (Lipinski definition) is 3. The highest BCUT2D eigenvalue weighted by molar-refractivity contribution is 5.81. The average Bonchev–Trinajstić information content (AvgIpc) is 2.34. The zero-order valence-corrected chi connectivity index (χ0v) is 11.4. The van der Waals surface area contributed by atoms with E-state index in [1.54, 1.807) is 0 Å². The largest absolute Gasteiger partial charge is 0.373 e. The molecule has 0 spiro atoms. The average molecular weight is 244 g/mol. The summed E-state index contributed by atoms with van der Waals surface area (Å²) in [5.41, 5.74) is 1.95. The van der Waals surface area contributed by atoms with Gasteiger partial charge in [-0.05, 0) is 32.9 Å². The van der Waals surface area contributed by atoms with Crippen molar-refractivity contribution in [1.29, 1.82) is 0 Å². The van der Waals surface area contributed by atoms with Crippen molar-refractivity contribution in [2.45, 2.75) is 33.0 Å². The maximum atomic E-state index is 5.83. The Morgan fingerprint density at radius 2 is 1.94 bits per heavy atom. The fourth-order valence-electron chi connectivity index (χ4n) is 1.78. The van der Waals surface area contributed by atoms with E-state index in [0.717, 1.165) is 22.3 Å². The number of fused-ring (bicyclic) bond motifs is 1. The molecule has 0 saturated carbocycles. The predicted octanol–water partition coefficient (Wildman–Crippen LogP) is 3.59. The second-order valence-electron chi connectivity index (χ2n) is 5.34. The molecular formula is C15H20N2O. The Kier molecular flexibility index (Phi) is 3.53. The Hall–Kier alpha value is -1.61. The van der Waals surface area contributed by atoms with E-state index in [-0.39, 0.29) is 5.60 Å². The summed E-state index contributed by atoms with van der Waals surface area (Å²) in [5.74, 6) is 0.887. The molecule has 1 aromatic carbocycles. The Morgan fingerprint density at radius 1 is 1.22 bits per heavy atom. The molecule has 0 bridgehead atoms. The second-order valence-corrected chi connectivity index (χ2v) is 5.34. The molecule has 1 heterocycles. The summed E-state index contributed by atoms with van der Waals surface area (Å²) in [4.78, 5) is 4.60. The van der Waals surface area contributed by atoms with Crippen LogP contribution in [0.15, 0.2) is 30.3 Å². The molecule has 3 nitrogen and oxygen atoms in total. The van der Waals surface area contributed by atoms with Crippen LogP contribution in [-0.2, 0) is 11.3 Å². The third kappa shape index (κ3) is 2.99. The monoisotopic (exact) mass is 244 g/mol. The normalized spacial score (nSPS) is 11.8. The van der Waals surface area contributed by atoms with Gasteiger partial charge in [0.15, 0.2) is 0 Å². The maximum absolute atomic E-state index is 5.83. The molecule has 0 fully saturated rings. The highest BCUT2D eigenvalue weighted by Gasteiger charge is 2.12. The molecule has 0 radical (unpaired) electrons. The van der Waals surface area contributed by atoms with Crippen molar-refractivity contribution in [3.05, 3.63) is 35.9 Å². The number of ether oxygens (including phenoxy) is 1. The summed E-state index contributed by atoms with van der Waals surface area (Å²) in [5, 5.41) is 4.28. The summed E-state index contributed by atoms with van der Waals surface area (Å²) < 4.78 is 5.83. The molecule has 0 atom stereocenters. The number of nitrogens with one attached hydrogen (secondary N) is 1. The number of anilines is 1. The molecule has 96 valence electrons. The summed E-state index contributed by atoms with van der Waals surface area (Å²) in [7, 11) is 1.89. The smallest absolute Gasteiger partial charge is 0.131 e. The summed E-state index contributed by atoms with van der Waals surface area (Å²) in [6, 6.07) is 10.3. The molecule has 0 aliphatic rings. The van der Waals surface area contributed by atoms with Gasteiger partial charge in [0.2, 0.25) is 0 Å². The van der Waals surface area contributed by atoms with Crippen LogP contribution < -0.4 is 5.32 Å². The van der Waals surface area contributed by atoms with Gasteiger partial charge in [0, 0.05) is 18.0 Å². The van der Waals surface area contributed by atoms with E-state index in [2.05, 4.69) is 43.2 Å². The highest BCUT2D eigenvalue weighted by Crippen LogP contribution is 2.22. The molecule has 3 heteroatoms. The zero-order valence-electron chi connectivity index (χ0n) is 11.4. The quantitative estimate of drug-likeness (QED) is 0.896. The van der Waals surface area contributed by atoms with Gasteiger partial charge >= 0.3 is 0 Å². The first-order valence-corrected chi connectivity index (χ1v) is 6.20. The number of benzene rings is 1.